The molecule has 0 amide bonds. The van der Waals surface area contributed by atoms with Crippen LogP contribution in [-0.2, 0) is 10.8 Å². The summed E-state index contributed by atoms with van der Waals surface area (Å²) in [5.41, 5.74) is 1.43. The van der Waals surface area contributed by atoms with Crippen LogP contribution in [0.3, 0.4) is 0 Å². The predicted molar refractivity (Wildman–Crippen MR) is 95.0 cm³/mol. The first-order valence-corrected chi connectivity index (χ1v) is 9.08. The van der Waals surface area contributed by atoms with Gasteiger partial charge in [0.25, 0.3) is 0 Å². The standard InChI is InChI=1S/C19H14ClF2NOS/c1-12-2-5-14(6-3-12)25(24)19(15-8-9-23-11-17(15)20)16-10-13(21)4-7-18(16)22/h2-11,19H,1H3. The Kier molecular flexibility index (Phi) is 5.25. The molecule has 1 heterocycles. The summed E-state index contributed by atoms with van der Waals surface area (Å²) in [6.45, 7) is 1.91. The van der Waals surface area contributed by atoms with Gasteiger partial charge in [0.1, 0.15) is 11.6 Å². The summed E-state index contributed by atoms with van der Waals surface area (Å²) in [5.74, 6) is -1.24. The summed E-state index contributed by atoms with van der Waals surface area (Å²) in [6.07, 6.45) is 2.88. The summed E-state index contributed by atoms with van der Waals surface area (Å²) in [7, 11) is -1.68. The molecule has 6 heteroatoms. The van der Waals surface area contributed by atoms with E-state index >= 15 is 0 Å². The number of aromatic nitrogens is 1. The molecule has 0 radical (unpaired) electrons. The van der Waals surface area contributed by atoms with Crippen LogP contribution in [0.25, 0.3) is 0 Å². The molecule has 3 aromatic rings. The molecule has 3 rings (SSSR count). The zero-order chi connectivity index (χ0) is 18.0. The van der Waals surface area contributed by atoms with Gasteiger partial charge >= 0.3 is 0 Å². The molecule has 128 valence electrons. The van der Waals surface area contributed by atoms with Gasteiger partial charge in [-0.25, -0.2) is 8.78 Å². The van der Waals surface area contributed by atoms with Crippen molar-refractivity contribution in [2.75, 3.05) is 0 Å². The zero-order valence-electron chi connectivity index (χ0n) is 13.2. The third kappa shape index (κ3) is 3.78. The van der Waals surface area contributed by atoms with Gasteiger partial charge < -0.3 is 0 Å². The summed E-state index contributed by atoms with van der Waals surface area (Å²) in [6, 6.07) is 11.8. The quantitative estimate of drug-likeness (QED) is 0.624. The van der Waals surface area contributed by atoms with E-state index in [2.05, 4.69) is 4.98 Å². The Morgan fingerprint density at radius 3 is 2.44 bits per heavy atom. The number of halogens is 3. The van der Waals surface area contributed by atoms with E-state index in [0.717, 1.165) is 23.8 Å². The molecule has 2 unspecified atom stereocenters. The van der Waals surface area contributed by atoms with Crippen LogP contribution in [0.15, 0.2) is 65.8 Å². The summed E-state index contributed by atoms with van der Waals surface area (Å²) < 4.78 is 41.4. The molecule has 2 atom stereocenters. The second-order valence-electron chi connectivity index (χ2n) is 5.55. The van der Waals surface area contributed by atoms with Crippen LogP contribution < -0.4 is 0 Å². The van der Waals surface area contributed by atoms with Crippen LogP contribution in [0, 0.1) is 18.6 Å². The van der Waals surface area contributed by atoms with Crippen molar-refractivity contribution >= 4 is 22.4 Å². The first-order chi connectivity index (χ1) is 12.0. The Morgan fingerprint density at radius 2 is 1.76 bits per heavy atom. The van der Waals surface area contributed by atoms with Crippen molar-refractivity contribution in [3.63, 3.8) is 0 Å². The Bertz CT molecular complexity index is 931. The van der Waals surface area contributed by atoms with Crippen LogP contribution in [-0.4, -0.2) is 9.19 Å². The maximum absolute atomic E-state index is 14.4. The van der Waals surface area contributed by atoms with Crippen molar-refractivity contribution in [1.82, 2.24) is 4.98 Å². The van der Waals surface area contributed by atoms with Gasteiger partial charge in [-0.2, -0.15) is 0 Å². The number of benzene rings is 2. The first kappa shape index (κ1) is 17.7. The minimum absolute atomic E-state index is 0.00740. The fourth-order valence-electron chi connectivity index (χ4n) is 2.52. The lowest BCUT2D eigenvalue weighted by Gasteiger charge is -2.19. The fourth-order valence-corrected chi connectivity index (χ4v) is 4.34. The molecule has 0 aliphatic heterocycles. The van der Waals surface area contributed by atoms with Gasteiger partial charge in [-0.05, 0) is 48.9 Å². The van der Waals surface area contributed by atoms with Gasteiger partial charge in [-0.15, -0.1) is 0 Å². The zero-order valence-corrected chi connectivity index (χ0v) is 14.8. The lowest BCUT2D eigenvalue weighted by atomic mass is 10.0. The van der Waals surface area contributed by atoms with Crippen LogP contribution in [0.1, 0.15) is 21.9 Å². The van der Waals surface area contributed by atoms with Crippen molar-refractivity contribution in [2.24, 2.45) is 0 Å². The van der Waals surface area contributed by atoms with Gasteiger partial charge in [-0.3, -0.25) is 9.19 Å². The number of rotatable bonds is 4. The topological polar surface area (TPSA) is 30.0 Å². The van der Waals surface area contributed by atoms with Crippen LogP contribution in [0.5, 0.6) is 0 Å². The SMILES string of the molecule is Cc1ccc(S(=O)C(c2cc(F)ccc2F)c2ccncc2Cl)cc1. The highest BCUT2D eigenvalue weighted by atomic mass is 35.5. The fraction of sp³-hybridized carbons (Fsp3) is 0.105. The molecule has 2 aromatic carbocycles. The van der Waals surface area contributed by atoms with E-state index in [1.54, 1.807) is 18.2 Å². The first-order valence-electron chi connectivity index (χ1n) is 7.49. The van der Waals surface area contributed by atoms with Crippen LogP contribution in [0.4, 0.5) is 8.78 Å². The van der Waals surface area contributed by atoms with Crippen LogP contribution >= 0.6 is 11.6 Å². The lowest BCUT2D eigenvalue weighted by molar-refractivity contribution is 0.585. The summed E-state index contributed by atoms with van der Waals surface area (Å²) >= 11 is 6.20. The molecule has 0 saturated carbocycles. The Morgan fingerprint density at radius 1 is 1.04 bits per heavy atom. The normalized spacial score (nSPS) is 13.4. The van der Waals surface area contributed by atoms with E-state index in [1.165, 1.54) is 12.4 Å². The predicted octanol–water partition coefficient (Wildman–Crippen LogP) is 5.22. The van der Waals surface area contributed by atoms with Crippen molar-refractivity contribution in [3.05, 3.63) is 94.3 Å². The molecule has 1 aromatic heterocycles. The number of hydrogen-bond acceptors (Lipinski definition) is 2. The molecule has 25 heavy (non-hydrogen) atoms. The van der Waals surface area contributed by atoms with E-state index < -0.39 is 27.7 Å². The Labute approximate surface area is 152 Å². The smallest absolute Gasteiger partial charge is 0.128 e. The monoisotopic (exact) mass is 377 g/mol. The summed E-state index contributed by atoms with van der Waals surface area (Å²) in [4.78, 5) is 4.41. The molecule has 0 aliphatic carbocycles. The number of hydrogen-bond donors (Lipinski definition) is 0. The molecule has 0 fully saturated rings. The van der Waals surface area contributed by atoms with Gasteiger partial charge in [0.15, 0.2) is 0 Å². The highest BCUT2D eigenvalue weighted by molar-refractivity contribution is 7.85. The van der Waals surface area contributed by atoms with Crippen molar-refractivity contribution in [1.29, 1.82) is 0 Å². The maximum Gasteiger partial charge on any atom is 0.128 e. The maximum atomic E-state index is 14.4. The molecule has 0 bridgehead atoms. The highest BCUT2D eigenvalue weighted by Crippen LogP contribution is 2.37. The molecule has 2 nitrogen and oxygen atoms in total. The Hall–Kier alpha value is -2.11. The highest BCUT2D eigenvalue weighted by Gasteiger charge is 2.28. The molecule has 0 saturated heterocycles. The van der Waals surface area contributed by atoms with E-state index in [-0.39, 0.29) is 10.6 Å². The third-order valence-electron chi connectivity index (χ3n) is 3.79. The second-order valence-corrected chi connectivity index (χ2v) is 7.50. The van der Waals surface area contributed by atoms with Crippen molar-refractivity contribution in [2.45, 2.75) is 17.1 Å². The number of nitrogens with zero attached hydrogens (tertiary/aromatic N) is 1. The second kappa shape index (κ2) is 7.42. The van der Waals surface area contributed by atoms with Gasteiger partial charge in [-0.1, -0.05) is 29.3 Å². The Balaban J connectivity index is 2.19. The average molecular weight is 378 g/mol. The molecular weight excluding hydrogens is 364 g/mol. The molecular formula is C19H14ClF2NOS. The summed E-state index contributed by atoms with van der Waals surface area (Å²) in [5, 5.41) is -0.703. The van der Waals surface area contributed by atoms with E-state index in [9.17, 15) is 13.0 Å². The molecule has 0 N–H and O–H groups in total. The minimum Gasteiger partial charge on any atom is -0.263 e. The third-order valence-corrected chi connectivity index (χ3v) is 5.78. The van der Waals surface area contributed by atoms with E-state index in [4.69, 9.17) is 11.6 Å². The van der Waals surface area contributed by atoms with Gasteiger partial charge in [0.2, 0.25) is 0 Å². The average Bonchev–Trinajstić information content (AvgIpc) is 2.60. The largest absolute Gasteiger partial charge is 0.263 e. The molecule has 0 spiro atoms. The molecule has 0 aliphatic rings. The number of pyridine rings is 1. The minimum atomic E-state index is -1.68. The number of aryl methyl sites for hydroxylation is 1. The van der Waals surface area contributed by atoms with Crippen LogP contribution in [0.2, 0.25) is 5.02 Å². The van der Waals surface area contributed by atoms with E-state index in [1.807, 2.05) is 19.1 Å². The van der Waals surface area contributed by atoms with Crippen molar-refractivity contribution in [3.8, 4) is 0 Å². The van der Waals surface area contributed by atoms with Gasteiger partial charge in [0.05, 0.1) is 21.1 Å². The van der Waals surface area contributed by atoms with Crippen molar-refractivity contribution < 1.29 is 13.0 Å². The van der Waals surface area contributed by atoms with Gasteiger partial charge in [0, 0.05) is 22.9 Å². The van der Waals surface area contributed by atoms with E-state index in [0.29, 0.717) is 10.5 Å². The lowest BCUT2D eigenvalue weighted by Crippen LogP contribution is -2.12.